The fourth-order valence-corrected chi connectivity index (χ4v) is 2.35. The van der Waals surface area contributed by atoms with Crippen molar-refractivity contribution in [2.24, 2.45) is 0 Å². The molecule has 0 aliphatic carbocycles. The molecule has 0 fully saturated rings. The van der Waals surface area contributed by atoms with Crippen molar-refractivity contribution in [3.05, 3.63) is 62.6 Å². The van der Waals surface area contributed by atoms with Gasteiger partial charge in [0.1, 0.15) is 11.6 Å². The number of hydrogen-bond donors (Lipinski definition) is 1. The lowest BCUT2D eigenvalue weighted by molar-refractivity contribution is -0.384. The highest BCUT2D eigenvalue weighted by Crippen LogP contribution is 2.30. The monoisotopic (exact) mass is 388 g/mol. The summed E-state index contributed by atoms with van der Waals surface area (Å²) in [6, 6.07) is 8.11. The normalized spacial score (nSPS) is 10.3. The quantitative estimate of drug-likeness (QED) is 0.380. The summed E-state index contributed by atoms with van der Waals surface area (Å²) >= 11 is 11.6. The van der Waals surface area contributed by atoms with Gasteiger partial charge in [0.15, 0.2) is 0 Å². The van der Waals surface area contributed by atoms with Gasteiger partial charge in [0.2, 0.25) is 5.28 Å². The van der Waals surface area contributed by atoms with E-state index in [1.54, 1.807) is 0 Å². The molecular weight excluding hydrogens is 382 g/mol. The lowest BCUT2D eigenvalue weighted by Gasteiger charge is -2.10. The topological polar surface area (TPSA) is 81.0 Å². The standard InChI is InChI=1S/C14H7Cl2FN4O2.ClH/c15-7-1-3-12(10(17)5-7)18-13-9-6-8(21(22)23)2-4-11(9)19-14(16)20-13;/h1-6H,(H,18,19,20);1H. The number of aromatic nitrogens is 2. The molecule has 2 aromatic carbocycles. The van der Waals surface area contributed by atoms with Gasteiger partial charge in [-0.1, -0.05) is 11.6 Å². The summed E-state index contributed by atoms with van der Waals surface area (Å²) in [5.41, 5.74) is 0.368. The number of hydrogen-bond acceptors (Lipinski definition) is 5. The number of anilines is 2. The van der Waals surface area contributed by atoms with Crippen molar-refractivity contribution in [2.45, 2.75) is 0 Å². The Morgan fingerprint density at radius 3 is 2.54 bits per heavy atom. The largest absolute Gasteiger partial charge is 0.337 e. The van der Waals surface area contributed by atoms with Crippen molar-refractivity contribution in [3.63, 3.8) is 0 Å². The number of nitro benzene ring substituents is 1. The van der Waals surface area contributed by atoms with E-state index in [9.17, 15) is 14.5 Å². The maximum absolute atomic E-state index is 13.9. The Balaban J connectivity index is 0.00000208. The minimum atomic E-state index is -0.592. The molecule has 1 heterocycles. The second-order valence-corrected chi connectivity index (χ2v) is 5.32. The van der Waals surface area contributed by atoms with Crippen molar-refractivity contribution in [3.8, 4) is 0 Å². The first-order chi connectivity index (χ1) is 10.9. The highest BCUT2D eigenvalue weighted by Gasteiger charge is 2.14. The first-order valence-electron chi connectivity index (χ1n) is 6.28. The van der Waals surface area contributed by atoms with Crippen molar-refractivity contribution >= 4 is 63.7 Å². The fraction of sp³-hybridized carbons (Fsp3) is 0. The summed E-state index contributed by atoms with van der Waals surface area (Å²) in [6.07, 6.45) is 0. The molecule has 6 nitrogen and oxygen atoms in total. The minimum Gasteiger partial charge on any atom is -0.337 e. The van der Waals surface area contributed by atoms with E-state index >= 15 is 0 Å². The molecule has 0 amide bonds. The van der Waals surface area contributed by atoms with Crippen LogP contribution in [0.15, 0.2) is 36.4 Å². The van der Waals surface area contributed by atoms with Crippen molar-refractivity contribution in [1.82, 2.24) is 9.97 Å². The lowest BCUT2D eigenvalue weighted by Crippen LogP contribution is -2.00. The summed E-state index contributed by atoms with van der Waals surface area (Å²) in [5.74, 6) is -0.435. The van der Waals surface area contributed by atoms with E-state index in [1.165, 1.54) is 30.3 Å². The highest BCUT2D eigenvalue weighted by atomic mass is 35.5. The van der Waals surface area contributed by atoms with Gasteiger partial charge in [0, 0.05) is 22.5 Å². The molecule has 24 heavy (non-hydrogen) atoms. The molecule has 0 aliphatic heterocycles. The van der Waals surface area contributed by atoms with Gasteiger partial charge in [-0.15, -0.1) is 12.4 Å². The SMILES string of the molecule is Cl.O=[N+]([O-])c1ccc2nc(Cl)nc(Nc3ccc(Cl)cc3F)c2c1. The van der Waals surface area contributed by atoms with Crippen LogP contribution in [0.4, 0.5) is 21.6 Å². The highest BCUT2D eigenvalue weighted by molar-refractivity contribution is 6.30. The van der Waals surface area contributed by atoms with Crippen LogP contribution < -0.4 is 5.32 Å². The van der Waals surface area contributed by atoms with E-state index in [-0.39, 0.29) is 39.9 Å². The van der Waals surface area contributed by atoms with E-state index in [2.05, 4.69) is 15.3 Å². The summed E-state index contributed by atoms with van der Waals surface area (Å²) in [4.78, 5) is 18.3. The molecule has 1 aromatic heterocycles. The molecule has 0 atom stereocenters. The van der Waals surface area contributed by atoms with Crippen LogP contribution in [-0.2, 0) is 0 Å². The number of benzene rings is 2. The number of fused-ring (bicyclic) bond motifs is 1. The Kier molecular flexibility index (Phi) is 5.38. The molecule has 1 N–H and O–H groups in total. The number of rotatable bonds is 3. The summed E-state index contributed by atoms with van der Waals surface area (Å²) in [6.45, 7) is 0. The molecule has 124 valence electrons. The zero-order valence-corrected chi connectivity index (χ0v) is 14.0. The van der Waals surface area contributed by atoms with Gasteiger partial charge in [-0.25, -0.2) is 9.37 Å². The van der Waals surface area contributed by atoms with Gasteiger partial charge in [-0.05, 0) is 35.9 Å². The minimum absolute atomic E-state index is 0. The van der Waals surface area contributed by atoms with Crippen molar-refractivity contribution < 1.29 is 9.31 Å². The first kappa shape index (κ1) is 18.1. The molecule has 3 aromatic rings. The molecule has 3 rings (SSSR count). The van der Waals surface area contributed by atoms with Crippen LogP contribution in [0.3, 0.4) is 0 Å². The Bertz CT molecular complexity index is 939. The fourth-order valence-electron chi connectivity index (χ4n) is 2.02. The molecule has 0 unspecified atom stereocenters. The maximum atomic E-state index is 13.9. The Labute approximate surface area is 151 Å². The van der Waals surface area contributed by atoms with Gasteiger partial charge in [-0.2, -0.15) is 4.98 Å². The average molecular weight is 390 g/mol. The third-order valence-electron chi connectivity index (χ3n) is 3.05. The summed E-state index contributed by atoms with van der Waals surface area (Å²) < 4.78 is 13.9. The Morgan fingerprint density at radius 1 is 1.12 bits per heavy atom. The van der Waals surface area contributed by atoms with Crippen LogP contribution in [0.2, 0.25) is 10.3 Å². The van der Waals surface area contributed by atoms with E-state index in [4.69, 9.17) is 23.2 Å². The average Bonchev–Trinajstić information content (AvgIpc) is 2.49. The Hall–Kier alpha value is -2.22. The zero-order chi connectivity index (χ0) is 16.6. The van der Waals surface area contributed by atoms with Gasteiger partial charge in [0.25, 0.3) is 5.69 Å². The van der Waals surface area contributed by atoms with Crippen molar-refractivity contribution in [2.75, 3.05) is 5.32 Å². The van der Waals surface area contributed by atoms with Gasteiger partial charge in [-0.3, -0.25) is 10.1 Å². The molecule has 0 saturated heterocycles. The number of nitrogens with zero attached hydrogens (tertiary/aromatic N) is 3. The van der Waals surface area contributed by atoms with Crippen molar-refractivity contribution in [1.29, 1.82) is 0 Å². The van der Waals surface area contributed by atoms with E-state index in [0.29, 0.717) is 10.9 Å². The lowest BCUT2D eigenvalue weighted by atomic mass is 10.2. The number of nitrogens with one attached hydrogen (secondary N) is 1. The maximum Gasteiger partial charge on any atom is 0.270 e. The van der Waals surface area contributed by atoms with Gasteiger partial charge < -0.3 is 5.32 Å². The van der Waals surface area contributed by atoms with E-state index < -0.39 is 10.7 Å². The second-order valence-electron chi connectivity index (χ2n) is 4.55. The van der Waals surface area contributed by atoms with Crippen LogP contribution in [-0.4, -0.2) is 14.9 Å². The first-order valence-corrected chi connectivity index (χ1v) is 7.03. The molecule has 0 spiro atoms. The third kappa shape index (κ3) is 3.64. The molecule has 10 heteroatoms. The smallest absolute Gasteiger partial charge is 0.270 e. The van der Waals surface area contributed by atoms with E-state index in [0.717, 1.165) is 6.07 Å². The summed E-state index contributed by atoms with van der Waals surface area (Å²) in [7, 11) is 0. The van der Waals surface area contributed by atoms with Crippen LogP contribution in [0.5, 0.6) is 0 Å². The summed E-state index contributed by atoms with van der Waals surface area (Å²) in [5, 5.41) is 14.2. The molecular formula is C14H8Cl3FN4O2. The zero-order valence-electron chi connectivity index (χ0n) is 11.7. The number of halogens is 4. The van der Waals surface area contributed by atoms with Gasteiger partial charge >= 0.3 is 0 Å². The van der Waals surface area contributed by atoms with Crippen LogP contribution in [0, 0.1) is 15.9 Å². The number of nitro groups is 1. The van der Waals surface area contributed by atoms with E-state index in [1.807, 2.05) is 0 Å². The van der Waals surface area contributed by atoms with Crippen LogP contribution >= 0.6 is 35.6 Å². The predicted molar refractivity (Wildman–Crippen MR) is 93.1 cm³/mol. The predicted octanol–water partition coefficient (Wildman–Crippen LogP) is 5.15. The van der Waals surface area contributed by atoms with Crippen LogP contribution in [0.25, 0.3) is 10.9 Å². The molecule has 0 saturated carbocycles. The molecule has 0 aliphatic rings. The molecule has 0 radical (unpaired) electrons. The van der Waals surface area contributed by atoms with Crippen LogP contribution in [0.1, 0.15) is 0 Å². The van der Waals surface area contributed by atoms with Gasteiger partial charge in [0.05, 0.1) is 16.1 Å². The Morgan fingerprint density at radius 2 is 1.88 bits per heavy atom. The number of non-ortho nitro benzene ring substituents is 1. The second kappa shape index (κ2) is 7.12. The molecule has 0 bridgehead atoms. The third-order valence-corrected chi connectivity index (χ3v) is 3.45.